The number of hydrogen-bond donors (Lipinski definition) is 1. The predicted octanol–water partition coefficient (Wildman–Crippen LogP) is 2.38. The van der Waals surface area contributed by atoms with Gasteiger partial charge in [0.1, 0.15) is 0 Å². The van der Waals surface area contributed by atoms with E-state index < -0.39 is 0 Å². The molecule has 0 amide bonds. The third-order valence-corrected chi connectivity index (χ3v) is 3.76. The highest BCUT2D eigenvalue weighted by atomic mass is 16.5. The van der Waals surface area contributed by atoms with Gasteiger partial charge in [0.05, 0.1) is 19.9 Å². The lowest BCUT2D eigenvalue weighted by molar-refractivity contribution is 0.345. The van der Waals surface area contributed by atoms with Crippen LogP contribution in [0.15, 0.2) is 12.3 Å². The van der Waals surface area contributed by atoms with Crippen LogP contribution in [0.25, 0.3) is 0 Å². The molecule has 2 atom stereocenters. The Hall–Kier alpha value is -1.29. The maximum atomic E-state index is 5.38. The Bertz CT molecular complexity index is 395. The number of hydrogen-bond acceptors (Lipinski definition) is 4. The van der Waals surface area contributed by atoms with Crippen molar-refractivity contribution in [2.75, 3.05) is 14.2 Å². The highest BCUT2D eigenvalue weighted by Gasteiger charge is 2.23. The van der Waals surface area contributed by atoms with Gasteiger partial charge in [0.15, 0.2) is 11.5 Å². The fourth-order valence-corrected chi connectivity index (χ4v) is 2.65. The molecule has 1 aromatic heterocycles. The lowest BCUT2D eigenvalue weighted by Crippen LogP contribution is -2.31. The molecule has 0 bridgehead atoms. The van der Waals surface area contributed by atoms with Crippen LogP contribution >= 0.6 is 0 Å². The zero-order valence-electron chi connectivity index (χ0n) is 11.4. The van der Waals surface area contributed by atoms with E-state index in [-0.39, 0.29) is 0 Å². The second kappa shape index (κ2) is 6.05. The van der Waals surface area contributed by atoms with E-state index in [1.165, 1.54) is 19.3 Å². The molecule has 0 saturated heterocycles. The summed E-state index contributed by atoms with van der Waals surface area (Å²) in [6.07, 6.45) is 5.66. The summed E-state index contributed by atoms with van der Waals surface area (Å²) >= 11 is 0. The van der Waals surface area contributed by atoms with Gasteiger partial charge in [-0.2, -0.15) is 0 Å². The monoisotopic (exact) mass is 250 g/mol. The summed E-state index contributed by atoms with van der Waals surface area (Å²) in [6.45, 7) is 3.04. The van der Waals surface area contributed by atoms with E-state index in [9.17, 15) is 0 Å². The lowest BCUT2D eigenvalue weighted by atomic mass is 10.1. The van der Waals surface area contributed by atoms with Crippen LogP contribution in [0.2, 0.25) is 0 Å². The zero-order chi connectivity index (χ0) is 13.0. The van der Waals surface area contributed by atoms with Crippen molar-refractivity contribution < 1.29 is 9.47 Å². The van der Waals surface area contributed by atoms with Gasteiger partial charge in [-0.25, -0.2) is 0 Å². The van der Waals surface area contributed by atoms with Gasteiger partial charge < -0.3 is 14.8 Å². The van der Waals surface area contributed by atoms with Crippen molar-refractivity contribution in [3.63, 3.8) is 0 Å². The van der Waals surface area contributed by atoms with Crippen LogP contribution in [-0.2, 0) is 6.54 Å². The lowest BCUT2D eigenvalue weighted by Gasteiger charge is -2.18. The number of pyridine rings is 1. The van der Waals surface area contributed by atoms with Gasteiger partial charge in [0, 0.05) is 24.8 Å². The second-order valence-electron chi connectivity index (χ2n) is 4.89. The Morgan fingerprint density at radius 2 is 2.17 bits per heavy atom. The minimum atomic E-state index is 0.600. The minimum absolute atomic E-state index is 0.600. The van der Waals surface area contributed by atoms with Gasteiger partial charge in [-0.3, -0.25) is 4.98 Å². The van der Waals surface area contributed by atoms with Crippen LogP contribution in [0.5, 0.6) is 11.5 Å². The molecule has 1 fully saturated rings. The normalized spacial score (nSPS) is 23.1. The molecule has 2 rings (SSSR count). The molecule has 100 valence electrons. The molecule has 0 radical (unpaired) electrons. The molecule has 2 unspecified atom stereocenters. The first-order chi connectivity index (χ1) is 8.76. The third kappa shape index (κ3) is 2.75. The summed E-state index contributed by atoms with van der Waals surface area (Å²) in [5, 5.41) is 3.58. The number of ether oxygens (including phenoxy) is 2. The fraction of sp³-hybridized carbons (Fsp3) is 0.643. The second-order valence-corrected chi connectivity index (χ2v) is 4.89. The topological polar surface area (TPSA) is 43.4 Å². The van der Waals surface area contributed by atoms with Crippen LogP contribution in [-0.4, -0.2) is 25.2 Å². The minimum Gasteiger partial charge on any atom is -0.493 e. The van der Waals surface area contributed by atoms with Crippen molar-refractivity contribution in [2.24, 2.45) is 5.92 Å². The number of rotatable bonds is 5. The molecule has 0 spiro atoms. The first-order valence-electron chi connectivity index (χ1n) is 6.55. The Kier molecular flexibility index (Phi) is 4.42. The van der Waals surface area contributed by atoms with E-state index in [4.69, 9.17) is 9.47 Å². The molecule has 4 heteroatoms. The summed E-state index contributed by atoms with van der Waals surface area (Å²) in [4.78, 5) is 4.38. The summed E-state index contributed by atoms with van der Waals surface area (Å²) in [7, 11) is 3.30. The summed E-state index contributed by atoms with van der Waals surface area (Å²) in [6, 6.07) is 2.42. The van der Waals surface area contributed by atoms with E-state index in [2.05, 4.69) is 17.2 Å². The van der Waals surface area contributed by atoms with Gasteiger partial charge in [0.25, 0.3) is 0 Å². The highest BCUT2D eigenvalue weighted by molar-refractivity contribution is 5.42. The molecule has 18 heavy (non-hydrogen) atoms. The first kappa shape index (κ1) is 13.1. The Labute approximate surface area is 109 Å². The Morgan fingerprint density at radius 3 is 2.78 bits per heavy atom. The molecule has 1 aromatic rings. The van der Waals surface area contributed by atoms with E-state index in [0.717, 1.165) is 29.7 Å². The highest BCUT2D eigenvalue weighted by Crippen LogP contribution is 2.30. The van der Waals surface area contributed by atoms with Gasteiger partial charge in [-0.1, -0.05) is 13.3 Å². The molecule has 4 nitrogen and oxygen atoms in total. The Morgan fingerprint density at radius 1 is 1.33 bits per heavy atom. The van der Waals surface area contributed by atoms with Crippen LogP contribution in [0.3, 0.4) is 0 Å². The average Bonchev–Trinajstić information content (AvgIpc) is 2.81. The van der Waals surface area contributed by atoms with E-state index in [1.54, 1.807) is 20.4 Å². The van der Waals surface area contributed by atoms with Gasteiger partial charge in [-0.05, 0) is 18.8 Å². The van der Waals surface area contributed by atoms with Crippen LogP contribution in [0, 0.1) is 5.92 Å². The van der Waals surface area contributed by atoms with Gasteiger partial charge >= 0.3 is 0 Å². The number of methoxy groups -OCH3 is 2. The van der Waals surface area contributed by atoms with Crippen molar-refractivity contribution in [3.05, 3.63) is 18.0 Å². The smallest absolute Gasteiger partial charge is 0.183 e. The van der Waals surface area contributed by atoms with Crippen molar-refractivity contribution in [1.82, 2.24) is 10.3 Å². The van der Waals surface area contributed by atoms with Crippen molar-refractivity contribution in [1.29, 1.82) is 0 Å². The number of nitrogens with one attached hydrogen (secondary N) is 1. The average molecular weight is 250 g/mol. The summed E-state index contributed by atoms with van der Waals surface area (Å²) in [5.74, 6) is 2.23. The molecule has 1 heterocycles. The van der Waals surface area contributed by atoms with Crippen molar-refractivity contribution >= 4 is 0 Å². The predicted molar refractivity (Wildman–Crippen MR) is 71.0 cm³/mol. The molecule has 1 N–H and O–H groups in total. The van der Waals surface area contributed by atoms with Crippen molar-refractivity contribution in [2.45, 2.75) is 38.8 Å². The molecular formula is C14H22N2O2. The zero-order valence-corrected chi connectivity index (χ0v) is 11.4. The Balaban J connectivity index is 2.04. The van der Waals surface area contributed by atoms with Gasteiger partial charge in [-0.15, -0.1) is 0 Å². The molecule has 0 aromatic carbocycles. The largest absolute Gasteiger partial charge is 0.493 e. The fourth-order valence-electron chi connectivity index (χ4n) is 2.65. The molecule has 1 aliphatic rings. The van der Waals surface area contributed by atoms with Crippen molar-refractivity contribution in [3.8, 4) is 11.5 Å². The number of aromatic nitrogens is 1. The SMILES string of the molecule is COc1ccnc(CNC2CCCC2C)c1OC. The van der Waals surface area contributed by atoms with Crippen LogP contribution in [0.1, 0.15) is 31.9 Å². The maximum Gasteiger partial charge on any atom is 0.183 e. The third-order valence-electron chi connectivity index (χ3n) is 3.76. The molecule has 0 aliphatic heterocycles. The molecular weight excluding hydrogens is 228 g/mol. The summed E-state index contributed by atoms with van der Waals surface area (Å²) in [5.41, 5.74) is 0.913. The quantitative estimate of drug-likeness (QED) is 0.871. The van der Waals surface area contributed by atoms with E-state index in [0.29, 0.717) is 6.04 Å². The van der Waals surface area contributed by atoms with E-state index in [1.807, 2.05) is 6.07 Å². The molecule has 1 saturated carbocycles. The maximum absolute atomic E-state index is 5.38. The summed E-state index contributed by atoms with van der Waals surface area (Å²) < 4.78 is 10.7. The standard InChI is InChI=1S/C14H22N2O2/c1-10-5-4-6-11(10)16-9-12-14(18-3)13(17-2)7-8-15-12/h7-8,10-11,16H,4-6,9H2,1-3H3. The van der Waals surface area contributed by atoms with Crippen LogP contribution < -0.4 is 14.8 Å². The van der Waals surface area contributed by atoms with Crippen LogP contribution in [0.4, 0.5) is 0 Å². The van der Waals surface area contributed by atoms with E-state index >= 15 is 0 Å². The number of nitrogens with zero attached hydrogens (tertiary/aromatic N) is 1. The first-order valence-corrected chi connectivity index (χ1v) is 6.55. The molecule has 1 aliphatic carbocycles. The van der Waals surface area contributed by atoms with Gasteiger partial charge in [0.2, 0.25) is 0 Å².